The number of unbranched alkanes of at least 4 members (excludes halogenated alkanes) is 9. The first-order valence-electron chi connectivity index (χ1n) is 12.2. The van der Waals surface area contributed by atoms with Gasteiger partial charge in [0.15, 0.2) is 0 Å². The lowest BCUT2D eigenvalue weighted by atomic mass is 10.0. The third-order valence-corrected chi connectivity index (χ3v) is 5.87. The first kappa shape index (κ1) is 23.8. The van der Waals surface area contributed by atoms with Gasteiger partial charge >= 0.3 is 5.97 Å². The van der Waals surface area contributed by atoms with E-state index >= 15 is 0 Å². The summed E-state index contributed by atoms with van der Waals surface area (Å²) >= 11 is 0. The average Bonchev–Trinajstić information content (AvgIpc) is 3.20. The first-order valence-corrected chi connectivity index (χ1v) is 12.2. The van der Waals surface area contributed by atoms with Crippen LogP contribution in [0.3, 0.4) is 0 Å². The molecule has 4 nitrogen and oxygen atoms in total. The largest absolute Gasteiger partial charge is 0.368 e. The number of carbonyl (C=O) groups is 1. The molecule has 2 aliphatic rings. The monoisotopic (exact) mass is 432 g/mol. The van der Waals surface area contributed by atoms with Crippen molar-refractivity contribution in [3.63, 3.8) is 0 Å². The number of oxime groups is 1. The maximum atomic E-state index is 12.1. The molecule has 170 valence electrons. The van der Waals surface area contributed by atoms with Crippen molar-refractivity contribution < 1.29 is 9.63 Å². The van der Waals surface area contributed by atoms with E-state index in [4.69, 9.17) is 4.84 Å². The molecular formula is C28H36N2O2. The molecular weight excluding hydrogens is 396 g/mol. The number of carbonyl (C=O) groups excluding carboxylic acids is 1. The Bertz CT molecular complexity index is 862. The molecule has 0 bridgehead atoms. The summed E-state index contributed by atoms with van der Waals surface area (Å²) < 4.78 is 0. The molecule has 0 fully saturated rings. The van der Waals surface area contributed by atoms with Gasteiger partial charge in [-0.05, 0) is 30.2 Å². The molecule has 1 aromatic rings. The third-order valence-electron chi connectivity index (χ3n) is 5.87. The molecule has 0 spiro atoms. The molecule has 0 atom stereocenters. The third kappa shape index (κ3) is 7.67. The van der Waals surface area contributed by atoms with E-state index in [1.165, 1.54) is 64.2 Å². The second kappa shape index (κ2) is 13.5. The van der Waals surface area contributed by atoms with Crippen LogP contribution in [0.2, 0.25) is 0 Å². The van der Waals surface area contributed by atoms with Crippen LogP contribution in [0.4, 0.5) is 0 Å². The van der Waals surface area contributed by atoms with Gasteiger partial charge in [0.1, 0.15) is 5.71 Å². The van der Waals surface area contributed by atoms with Crippen molar-refractivity contribution in [2.24, 2.45) is 5.16 Å². The van der Waals surface area contributed by atoms with Gasteiger partial charge in [-0.25, -0.2) is 4.79 Å². The minimum Gasteiger partial charge on any atom is -0.354 e. The zero-order valence-corrected chi connectivity index (χ0v) is 19.3. The van der Waals surface area contributed by atoms with E-state index in [0.29, 0.717) is 11.3 Å². The van der Waals surface area contributed by atoms with Crippen LogP contribution >= 0.6 is 0 Å². The Morgan fingerprint density at radius 2 is 1.47 bits per heavy atom. The van der Waals surface area contributed by atoms with Crippen LogP contribution in [0, 0.1) is 0 Å². The summed E-state index contributed by atoms with van der Waals surface area (Å²) in [4.78, 5) is 19.2. The fraction of sp³-hybridized carbons (Fsp3) is 0.429. The Balaban J connectivity index is 1.37. The van der Waals surface area contributed by atoms with Crippen molar-refractivity contribution in [3.8, 4) is 0 Å². The van der Waals surface area contributed by atoms with Crippen molar-refractivity contribution in [2.45, 2.75) is 71.1 Å². The van der Waals surface area contributed by atoms with Gasteiger partial charge in [0, 0.05) is 24.5 Å². The topological polar surface area (TPSA) is 41.9 Å². The van der Waals surface area contributed by atoms with Gasteiger partial charge < -0.3 is 9.74 Å². The highest BCUT2D eigenvalue weighted by atomic mass is 16.7. The van der Waals surface area contributed by atoms with Crippen LogP contribution in [0.1, 0.15) is 76.7 Å². The van der Waals surface area contributed by atoms with Crippen LogP contribution in [0.25, 0.3) is 0 Å². The van der Waals surface area contributed by atoms with Gasteiger partial charge in [-0.3, -0.25) is 0 Å². The summed E-state index contributed by atoms with van der Waals surface area (Å²) in [5.74, 6) is -0.410. The Kier molecular flexibility index (Phi) is 10.0. The lowest BCUT2D eigenvalue weighted by molar-refractivity contribution is -0.136. The van der Waals surface area contributed by atoms with Crippen LogP contribution in [0.15, 0.2) is 83.3 Å². The van der Waals surface area contributed by atoms with Crippen molar-refractivity contribution in [1.29, 1.82) is 0 Å². The average molecular weight is 433 g/mol. The first-order chi connectivity index (χ1) is 15.8. The lowest BCUT2D eigenvalue weighted by Gasteiger charge is -2.18. The summed E-state index contributed by atoms with van der Waals surface area (Å²) in [5.41, 5.74) is 2.99. The smallest absolute Gasteiger partial charge is 0.354 e. The van der Waals surface area contributed by atoms with Gasteiger partial charge in [0.05, 0.1) is 5.57 Å². The summed E-state index contributed by atoms with van der Waals surface area (Å²) in [6.45, 7) is 3.32. The van der Waals surface area contributed by atoms with E-state index in [2.05, 4.69) is 41.5 Å². The molecule has 0 unspecified atom stereocenters. The van der Waals surface area contributed by atoms with Crippen LogP contribution in [-0.2, 0) is 9.63 Å². The fourth-order valence-electron chi connectivity index (χ4n) is 3.92. The van der Waals surface area contributed by atoms with E-state index < -0.39 is 5.97 Å². The Morgan fingerprint density at radius 3 is 2.12 bits per heavy atom. The zero-order chi connectivity index (χ0) is 22.4. The predicted octanol–water partition coefficient (Wildman–Crippen LogP) is 7.06. The van der Waals surface area contributed by atoms with Gasteiger partial charge in [0.25, 0.3) is 0 Å². The van der Waals surface area contributed by atoms with Gasteiger partial charge in [0.2, 0.25) is 0 Å². The maximum Gasteiger partial charge on any atom is 0.368 e. The molecule has 2 heterocycles. The highest BCUT2D eigenvalue weighted by molar-refractivity contribution is 6.28. The fourth-order valence-corrected chi connectivity index (χ4v) is 3.92. The number of rotatable bonds is 13. The second-order valence-corrected chi connectivity index (χ2v) is 8.48. The molecule has 2 aliphatic heterocycles. The Labute approximate surface area is 193 Å². The Morgan fingerprint density at radius 1 is 0.844 bits per heavy atom. The minimum absolute atomic E-state index is 0.410. The molecule has 0 amide bonds. The second-order valence-electron chi connectivity index (χ2n) is 8.48. The molecule has 4 heteroatoms. The highest BCUT2D eigenvalue weighted by Gasteiger charge is 2.25. The van der Waals surface area contributed by atoms with Crippen molar-refractivity contribution in [1.82, 2.24) is 4.90 Å². The number of hydrogen-bond acceptors (Lipinski definition) is 4. The number of hydrogen-bond donors (Lipinski definition) is 0. The summed E-state index contributed by atoms with van der Waals surface area (Å²) in [6.07, 6.45) is 25.7. The van der Waals surface area contributed by atoms with E-state index in [9.17, 15) is 4.79 Å². The SMILES string of the molecule is CCCCCCCCCCCCN1C=CC(=CC=C2C(=O)ON=C2c2ccccc2)C=C1. The number of benzene rings is 1. The van der Waals surface area contributed by atoms with Crippen LogP contribution in [0.5, 0.6) is 0 Å². The van der Waals surface area contributed by atoms with E-state index in [0.717, 1.165) is 17.7 Å². The van der Waals surface area contributed by atoms with Crippen LogP contribution in [-0.4, -0.2) is 23.1 Å². The van der Waals surface area contributed by atoms with Gasteiger partial charge in [-0.15, -0.1) is 0 Å². The van der Waals surface area contributed by atoms with Gasteiger partial charge in [-0.2, -0.15) is 0 Å². The number of allylic oxidation sites excluding steroid dienone is 5. The molecule has 0 saturated heterocycles. The van der Waals surface area contributed by atoms with E-state index in [-0.39, 0.29) is 0 Å². The lowest BCUT2D eigenvalue weighted by Crippen LogP contribution is -2.13. The van der Waals surface area contributed by atoms with Crippen molar-refractivity contribution >= 4 is 11.7 Å². The number of nitrogens with zero attached hydrogens (tertiary/aromatic N) is 2. The summed E-state index contributed by atoms with van der Waals surface area (Å²) in [6, 6.07) is 9.63. The predicted molar refractivity (Wildman–Crippen MR) is 132 cm³/mol. The maximum absolute atomic E-state index is 12.1. The zero-order valence-electron chi connectivity index (χ0n) is 19.3. The van der Waals surface area contributed by atoms with Crippen molar-refractivity contribution in [3.05, 3.63) is 83.7 Å². The Hall–Kier alpha value is -2.88. The van der Waals surface area contributed by atoms with Crippen molar-refractivity contribution in [2.75, 3.05) is 6.54 Å². The molecule has 0 radical (unpaired) electrons. The van der Waals surface area contributed by atoms with E-state index in [1.807, 2.05) is 36.4 Å². The quantitative estimate of drug-likeness (QED) is 0.190. The summed E-state index contributed by atoms with van der Waals surface area (Å²) in [5, 5.41) is 3.95. The standard InChI is InChI=1S/C28H36N2O2/c1-2-3-4-5-6-7-8-9-10-14-21-30-22-19-24(20-23-30)17-18-26-27(29-32-28(26)31)25-15-12-11-13-16-25/h11-13,15-20,22-23H,2-10,14,21H2,1H3. The molecule has 1 aromatic carbocycles. The minimum atomic E-state index is -0.410. The molecule has 0 saturated carbocycles. The normalized spacial score (nSPS) is 16.6. The van der Waals surface area contributed by atoms with E-state index in [1.54, 1.807) is 6.08 Å². The highest BCUT2D eigenvalue weighted by Crippen LogP contribution is 2.19. The molecule has 32 heavy (non-hydrogen) atoms. The molecule has 3 rings (SSSR count). The molecule has 0 N–H and O–H groups in total. The van der Waals surface area contributed by atoms with Gasteiger partial charge in [-0.1, -0.05) is 106 Å². The van der Waals surface area contributed by atoms with Crippen LogP contribution < -0.4 is 0 Å². The molecule has 0 aliphatic carbocycles. The summed E-state index contributed by atoms with van der Waals surface area (Å²) in [7, 11) is 0. The molecule has 0 aromatic heterocycles.